The first kappa shape index (κ1) is 21.7. The molecule has 0 radical (unpaired) electrons. The van der Waals surface area contributed by atoms with Crippen molar-refractivity contribution in [3.8, 4) is 0 Å². The molecule has 0 fully saturated rings. The number of carbonyl (C=O) groups excluding carboxylic acids is 3. The number of halogens is 1. The summed E-state index contributed by atoms with van der Waals surface area (Å²) in [7, 11) is 0. The topological polar surface area (TPSA) is 54.5 Å². The number of para-hydroxylation sites is 1. The molecule has 0 spiro atoms. The number of rotatable bonds is 4. The molecule has 4 aromatic rings. The van der Waals surface area contributed by atoms with Crippen molar-refractivity contribution in [2.24, 2.45) is 0 Å². The van der Waals surface area contributed by atoms with E-state index in [9.17, 15) is 14.4 Å². The Morgan fingerprint density at radius 1 is 0.618 bits per heavy atom. The average Bonchev–Trinajstić information content (AvgIpc) is 3.17. The van der Waals surface area contributed by atoms with Gasteiger partial charge in [0.2, 0.25) is 5.78 Å². The van der Waals surface area contributed by atoms with Gasteiger partial charge >= 0.3 is 0 Å². The van der Waals surface area contributed by atoms with Crippen molar-refractivity contribution in [1.29, 1.82) is 0 Å². The number of anilines is 1. The van der Waals surface area contributed by atoms with Crippen LogP contribution in [-0.4, -0.2) is 17.5 Å². The number of ketones is 2. The second-order valence-corrected chi connectivity index (χ2v) is 8.69. The summed E-state index contributed by atoms with van der Waals surface area (Å²) in [5, 5.41) is 0. The van der Waals surface area contributed by atoms with E-state index < -0.39 is 0 Å². The van der Waals surface area contributed by atoms with E-state index in [2.05, 4.69) is 15.9 Å². The van der Waals surface area contributed by atoms with Crippen molar-refractivity contribution in [1.82, 2.24) is 0 Å². The maximum Gasteiger partial charge on any atom is 0.263 e. The van der Waals surface area contributed by atoms with Gasteiger partial charge in [-0.05, 0) is 54.1 Å². The number of fused-ring (bicyclic) bond motifs is 1. The number of carbonyl (C=O) groups is 3. The third kappa shape index (κ3) is 3.80. The fourth-order valence-electron chi connectivity index (χ4n) is 4.08. The molecule has 164 valence electrons. The lowest BCUT2D eigenvalue weighted by Gasteiger charge is -2.21. The molecule has 0 saturated heterocycles. The molecule has 1 heterocycles. The second-order valence-electron chi connectivity index (χ2n) is 7.78. The van der Waals surface area contributed by atoms with Crippen molar-refractivity contribution < 1.29 is 14.4 Å². The summed E-state index contributed by atoms with van der Waals surface area (Å²) in [5.41, 5.74) is 2.52. The predicted octanol–water partition coefficient (Wildman–Crippen LogP) is 6.59. The molecular weight excluding hydrogens is 490 g/mol. The van der Waals surface area contributed by atoms with Crippen molar-refractivity contribution >= 4 is 44.7 Å². The lowest BCUT2D eigenvalue weighted by Crippen LogP contribution is -2.30. The van der Waals surface area contributed by atoms with Crippen LogP contribution >= 0.6 is 15.9 Å². The number of Topliss-reactive ketones (excluding diaryl/α,β-unsaturated/α-hetero) is 2. The van der Waals surface area contributed by atoms with Gasteiger partial charge in [-0.25, -0.2) is 0 Å². The first-order valence-corrected chi connectivity index (χ1v) is 11.5. The number of benzene rings is 4. The summed E-state index contributed by atoms with van der Waals surface area (Å²) in [6.07, 6.45) is 0. The maximum absolute atomic E-state index is 13.9. The Kier molecular flexibility index (Phi) is 5.78. The Morgan fingerprint density at radius 3 is 1.82 bits per heavy atom. The number of allylic oxidation sites excluding steroid dienone is 2. The summed E-state index contributed by atoms with van der Waals surface area (Å²) < 4.78 is 0.836. The molecule has 34 heavy (non-hydrogen) atoms. The van der Waals surface area contributed by atoms with Gasteiger partial charge in [-0.3, -0.25) is 19.3 Å². The molecule has 0 bridgehead atoms. The molecule has 1 amide bonds. The minimum absolute atomic E-state index is 0.0640. The molecule has 4 nitrogen and oxygen atoms in total. The number of hydrogen-bond donors (Lipinski definition) is 0. The van der Waals surface area contributed by atoms with Crippen LogP contribution in [0.25, 0.3) is 5.57 Å². The number of nitrogens with zero attached hydrogens (tertiary/aromatic N) is 1. The Hall–Kier alpha value is -4.09. The van der Waals surface area contributed by atoms with Gasteiger partial charge in [0.25, 0.3) is 5.91 Å². The Balaban J connectivity index is 1.79. The zero-order valence-corrected chi connectivity index (χ0v) is 19.5. The predicted molar refractivity (Wildman–Crippen MR) is 136 cm³/mol. The van der Waals surface area contributed by atoms with Crippen LogP contribution in [0, 0.1) is 0 Å². The minimum Gasteiger partial charge on any atom is -0.289 e. The Morgan fingerprint density at radius 2 is 1.18 bits per heavy atom. The largest absolute Gasteiger partial charge is 0.289 e. The second kappa shape index (κ2) is 9.04. The third-order valence-electron chi connectivity index (χ3n) is 5.68. The van der Waals surface area contributed by atoms with Gasteiger partial charge in [-0.2, -0.15) is 0 Å². The van der Waals surface area contributed by atoms with Crippen LogP contribution in [-0.2, 0) is 0 Å². The molecule has 0 aromatic heterocycles. The lowest BCUT2D eigenvalue weighted by molar-refractivity contribution is 0.0972. The molecule has 1 aliphatic heterocycles. The van der Waals surface area contributed by atoms with E-state index in [-0.39, 0.29) is 28.7 Å². The van der Waals surface area contributed by atoms with Gasteiger partial charge in [0.05, 0.1) is 11.3 Å². The molecule has 0 N–H and O–H groups in total. The highest BCUT2D eigenvalue weighted by Crippen LogP contribution is 2.40. The highest BCUT2D eigenvalue weighted by atomic mass is 79.9. The highest BCUT2D eigenvalue weighted by Gasteiger charge is 2.40. The van der Waals surface area contributed by atoms with Crippen LogP contribution in [0.4, 0.5) is 5.69 Å². The third-order valence-corrected chi connectivity index (χ3v) is 6.21. The Bertz CT molecular complexity index is 1440. The molecule has 5 heteroatoms. The van der Waals surface area contributed by atoms with E-state index in [0.29, 0.717) is 27.9 Å². The molecular formula is C29H18BrNO3. The molecule has 1 aliphatic rings. The van der Waals surface area contributed by atoms with Crippen molar-refractivity contribution in [2.75, 3.05) is 4.90 Å². The van der Waals surface area contributed by atoms with Gasteiger partial charge in [0, 0.05) is 21.2 Å². The highest BCUT2D eigenvalue weighted by molar-refractivity contribution is 9.10. The van der Waals surface area contributed by atoms with Crippen molar-refractivity contribution in [3.05, 3.63) is 142 Å². The fourth-order valence-corrected chi connectivity index (χ4v) is 4.35. The van der Waals surface area contributed by atoms with Gasteiger partial charge in [0.15, 0.2) is 5.78 Å². The fraction of sp³-hybridized carbons (Fsp3) is 0. The van der Waals surface area contributed by atoms with E-state index in [4.69, 9.17) is 0 Å². The van der Waals surface area contributed by atoms with Crippen LogP contribution in [0.15, 0.2) is 119 Å². The maximum atomic E-state index is 13.9. The molecule has 0 saturated carbocycles. The molecule has 0 aliphatic carbocycles. The van der Waals surface area contributed by atoms with Crippen LogP contribution < -0.4 is 4.90 Å². The smallest absolute Gasteiger partial charge is 0.263 e. The van der Waals surface area contributed by atoms with Crippen LogP contribution in [0.2, 0.25) is 0 Å². The van der Waals surface area contributed by atoms with Gasteiger partial charge in [0.1, 0.15) is 5.70 Å². The number of amides is 1. The molecule has 4 aromatic carbocycles. The van der Waals surface area contributed by atoms with E-state index in [1.807, 2.05) is 12.1 Å². The first-order chi connectivity index (χ1) is 16.6. The van der Waals surface area contributed by atoms with E-state index >= 15 is 0 Å². The Labute approximate surface area is 205 Å². The van der Waals surface area contributed by atoms with Crippen LogP contribution in [0.1, 0.15) is 36.6 Å². The van der Waals surface area contributed by atoms with Gasteiger partial charge in [-0.1, -0.05) is 76.6 Å². The summed E-state index contributed by atoms with van der Waals surface area (Å²) in [6.45, 7) is 0. The van der Waals surface area contributed by atoms with Crippen molar-refractivity contribution in [3.63, 3.8) is 0 Å². The van der Waals surface area contributed by atoms with E-state index in [1.54, 1.807) is 97.1 Å². The normalized spacial score (nSPS) is 14.0. The first-order valence-electron chi connectivity index (χ1n) is 10.7. The lowest BCUT2D eigenvalue weighted by atomic mass is 9.93. The van der Waals surface area contributed by atoms with E-state index in [1.165, 1.54) is 4.90 Å². The monoisotopic (exact) mass is 507 g/mol. The average molecular weight is 508 g/mol. The number of hydrogen-bond acceptors (Lipinski definition) is 3. The molecule has 0 unspecified atom stereocenters. The van der Waals surface area contributed by atoms with E-state index in [0.717, 1.165) is 4.47 Å². The zero-order chi connectivity index (χ0) is 23.7. The SMILES string of the molecule is O=C(/C(=C1\C(=O)c2ccccc2N1C(=O)c1ccccc1)c1ccccc1)c1ccc(Br)cc1. The summed E-state index contributed by atoms with van der Waals surface area (Å²) >= 11 is 3.40. The quantitative estimate of drug-likeness (QED) is 0.231. The molecule has 5 rings (SSSR count). The van der Waals surface area contributed by atoms with Gasteiger partial charge < -0.3 is 0 Å². The summed E-state index contributed by atoms with van der Waals surface area (Å²) in [6, 6.07) is 31.7. The summed E-state index contributed by atoms with van der Waals surface area (Å²) in [5.74, 6) is -1.06. The van der Waals surface area contributed by atoms with Crippen LogP contribution in [0.5, 0.6) is 0 Å². The van der Waals surface area contributed by atoms with Crippen molar-refractivity contribution in [2.45, 2.75) is 0 Å². The summed E-state index contributed by atoms with van der Waals surface area (Å²) in [4.78, 5) is 42.7. The molecule has 0 atom stereocenters. The van der Waals surface area contributed by atoms with Crippen LogP contribution in [0.3, 0.4) is 0 Å². The standard InChI is InChI=1S/C29H18BrNO3/c30-22-17-15-20(16-18-22)27(32)25(19-9-3-1-4-10-19)26-28(33)23-13-7-8-14-24(23)31(26)29(34)21-11-5-2-6-12-21/h1-18H/b26-25+. The van der Waals surface area contributed by atoms with Gasteiger partial charge in [-0.15, -0.1) is 0 Å². The zero-order valence-electron chi connectivity index (χ0n) is 17.9. The minimum atomic E-state index is -0.370.